The topological polar surface area (TPSA) is 70.7 Å². The van der Waals surface area contributed by atoms with Crippen LogP contribution in [-0.2, 0) is 6.42 Å². The molecule has 0 fully saturated rings. The van der Waals surface area contributed by atoms with Crippen molar-refractivity contribution in [2.45, 2.75) is 13.3 Å². The molecule has 2 N–H and O–H groups in total. The molecule has 0 spiro atoms. The lowest BCUT2D eigenvalue weighted by atomic mass is 10.1. The highest BCUT2D eigenvalue weighted by atomic mass is 35.5. The van der Waals surface area contributed by atoms with Crippen LogP contribution in [0.4, 0.5) is 0 Å². The van der Waals surface area contributed by atoms with Crippen LogP contribution in [0.5, 0.6) is 0 Å². The van der Waals surface area contributed by atoms with Crippen LogP contribution in [0.25, 0.3) is 22.8 Å². The van der Waals surface area contributed by atoms with Gasteiger partial charge in [-0.1, -0.05) is 17.7 Å². The van der Waals surface area contributed by atoms with Crippen molar-refractivity contribution in [1.82, 2.24) is 20.3 Å². The van der Waals surface area contributed by atoms with Crippen LogP contribution in [0.1, 0.15) is 21.6 Å². The summed E-state index contributed by atoms with van der Waals surface area (Å²) in [5, 5.41) is 3.47. The molecule has 4 rings (SSSR count). The Morgan fingerprint density at radius 1 is 1.17 bits per heavy atom. The van der Waals surface area contributed by atoms with Gasteiger partial charge in [0.2, 0.25) is 0 Å². The lowest BCUT2D eigenvalue weighted by molar-refractivity contribution is 0.0946. The van der Waals surface area contributed by atoms with Crippen molar-refractivity contribution in [3.63, 3.8) is 0 Å². The largest absolute Gasteiger partial charge is 0.356 e. The summed E-state index contributed by atoms with van der Waals surface area (Å²) in [6.07, 6.45) is 2.50. The van der Waals surface area contributed by atoms with Crippen LogP contribution in [0.2, 0.25) is 5.02 Å². The second-order valence-corrected chi connectivity index (χ2v) is 6.24. The fourth-order valence-corrected chi connectivity index (χ4v) is 3.19. The van der Waals surface area contributed by atoms with Crippen molar-refractivity contribution in [3.05, 3.63) is 58.4 Å². The molecule has 120 valence electrons. The first-order chi connectivity index (χ1) is 11.6. The second-order valence-electron chi connectivity index (χ2n) is 5.83. The highest BCUT2D eigenvalue weighted by Crippen LogP contribution is 2.28. The Morgan fingerprint density at radius 3 is 2.83 bits per heavy atom. The third kappa shape index (κ3) is 2.57. The van der Waals surface area contributed by atoms with E-state index in [2.05, 4.69) is 20.3 Å². The van der Waals surface area contributed by atoms with Crippen LogP contribution < -0.4 is 5.32 Å². The van der Waals surface area contributed by atoms with Crippen LogP contribution in [0.15, 0.2) is 36.5 Å². The number of hydrogen-bond donors (Lipinski definition) is 2. The average Bonchev–Trinajstić information content (AvgIpc) is 3.01. The van der Waals surface area contributed by atoms with Crippen LogP contribution in [0, 0.1) is 6.92 Å². The van der Waals surface area contributed by atoms with Gasteiger partial charge in [0.05, 0.1) is 22.0 Å². The first-order valence-corrected chi connectivity index (χ1v) is 8.09. The minimum absolute atomic E-state index is 0.0467. The molecule has 0 radical (unpaired) electrons. The molecule has 1 amide bonds. The van der Waals surface area contributed by atoms with Crippen LogP contribution in [0.3, 0.4) is 0 Å². The Bertz CT molecular complexity index is 948. The van der Waals surface area contributed by atoms with E-state index in [1.54, 1.807) is 6.20 Å². The Labute approximate surface area is 144 Å². The van der Waals surface area contributed by atoms with Gasteiger partial charge in [-0.05, 0) is 36.8 Å². The third-order valence-electron chi connectivity index (χ3n) is 4.10. The maximum absolute atomic E-state index is 11.9. The number of nitrogens with zero attached hydrogens (tertiary/aromatic N) is 2. The summed E-state index contributed by atoms with van der Waals surface area (Å²) >= 11 is 6.32. The van der Waals surface area contributed by atoms with Gasteiger partial charge in [-0.3, -0.25) is 4.79 Å². The zero-order valence-electron chi connectivity index (χ0n) is 13.1. The molecular weight excluding hydrogens is 324 g/mol. The minimum atomic E-state index is -0.0467. The number of amides is 1. The van der Waals surface area contributed by atoms with Gasteiger partial charge in [-0.15, -0.1) is 0 Å². The van der Waals surface area contributed by atoms with Gasteiger partial charge >= 0.3 is 0 Å². The Balaban J connectivity index is 1.77. The highest BCUT2D eigenvalue weighted by Gasteiger charge is 2.20. The van der Waals surface area contributed by atoms with E-state index in [-0.39, 0.29) is 5.91 Å². The number of carbonyl (C=O) groups is 1. The summed E-state index contributed by atoms with van der Waals surface area (Å²) in [5.41, 5.74) is 5.05. The molecule has 0 saturated carbocycles. The summed E-state index contributed by atoms with van der Waals surface area (Å²) in [4.78, 5) is 24.2. The number of aromatic amines is 1. The molecule has 3 heterocycles. The van der Waals surface area contributed by atoms with Crippen molar-refractivity contribution < 1.29 is 4.79 Å². The maximum atomic E-state index is 11.9. The van der Waals surface area contributed by atoms with Gasteiger partial charge in [-0.2, -0.15) is 0 Å². The molecule has 24 heavy (non-hydrogen) atoms. The van der Waals surface area contributed by atoms with Crippen molar-refractivity contribution in [3.8, 4) is 22.8 Å². The molecule has 1 aromatic carbocycles. The number of nitrogens with one attached hydrogen (secondary N) is 2. The van der Waals surface area contributed by atoms with Crippen molar-refractivity contribution in [2.75, 3.05) is 6.54 Å². The number of carbonyl (C=O) groups excluding carboxylic acids is 1. The van der Waals surface area contributed by atoms with Gasteiger partial charge in [0.25, 0.3) is 5.91 Å². The molecular formula is C18H15ClN4O. The van der Waals surface area contributed by atoms with E-state index < -0.39 is 0 Å². The fourth-order valence-electron chi connectivity index (χ4n) is 2.87. The summed E-state index contributed by atoms with van der Waals surface area (Å²) in [6.45, 7) is 2.64. The highest BCUT2D eigenvalue weighted by molar-refractivity contribution is 6.33. The first-order valence-electron chi connectivity index (χ1n) is 7.72. The number of aryl methyl sites for hydroxylation is 1. The SMILES string of the molecule is Cc1ccc(-c2nccc(-c3cc4c([nH]3)CCNC4=O)n2)c(Cl)c1. The van der Waals surface area contributed by atoms with E-state index in [9.17, 15) is 4.79 Å². The smallest absolute Gasteiger partial charge is 0.253 e. The zero-order chi connectivity index (χ0) is 16.7. The Morgan fingerprint density at radius 2 is 2.04 bits per heavy atom. The Kier molecular flexibility index (Phi) is 3.58. The standard InChI is InChI=1S/C18H15ClN4O/c1-10-2-3-11(13(19)8-10)17-20-6-5-15(23-17)16-9-12-14(22-16)4-7-21-18(12)24/h2-3,5-6,8-9,22H,4,7H2,1H3,(H,21,24). The maximum Gasteiger partial charge on any atom is 0.253 e. The number of halogens is 1. The van der Waals surface area contributed by atoms with E-state index in [0.29, 0.717) is 23.0 Å². The molecule has 2 aromatic heterocycles. The lowest BCUT2D eigenvalue weighted by Gasteiger charge is -2.10. The number of H-pyrrole nitrogens is 1. The van der Waals surface area contributed by atoms with Crippen LogP contribution >= 0.6 is 11.6 Å². The minimum Gasteiger partial charge on any atom is -0.356 e. The molecule has 1 aliphatic heterocycles. The van der Waals surface area contributed by atoms with Gasteiger partial charge in [-0.25, -0.2) is 9.97 Å². The molecule has 0 aliphatic carbocycles. The number of aromatic nitrogens is 3. The van der Waals surface area contributed by atoms with Crippen molar-refractivity contribution in [2.24, 2.45) is 0 Å². The van der Waals surface area contributed by atoms with Gasteiger partial charge in [0.15, 0.2) is 5.82 Å². The number of fused-ring (bicyclic) bond motifs is 1. The normalized spacial score (nSPS) is 13.5. The summed E-state index contributed by atoms with van der Waals surface area (Å²) < 4.78 is 0. The van der Waals surface area contributed by atoms with Crippen molar-refractivity contribution in [1.29, 1.82) is 0 Å². The van der Waals surface area contributed by atoms with Crippen LogP contribution in [-0.4, -0.2) is 27.4 Å². The quantitative estimate of drug-likeness (QED) is 0.752. The predicted octanol–water partition coefficient (Wildman–Crippen LogP) is 3.39. The molecule has 6 heteroatoms. The molecule has 1 aliphatic rings. The second kappa shape index (κ2) is 5.76. The molecule has 0 saturated heterocycles. The lowest BCUT2D eigenvalue weighted by Crippen LogP contribution is -2.31. The average molecular weight is 339 g/mol. The predicted molar refractivity (Wildman–Crippen MR) is 93.0 cm³/mol. The monoisotopic (exact) mass is 338 g/mol. The molecule has 3 aromatic rings. The van der Waals surface area contributed by atoms with E-state index in [1.165, 1.54) is 0 Å². The fraction of sp³-hybridized carbons (Fsp3) is 0.167. The molecule has 0 atom stereocenters. The number of hydrogen-bond acceptors (Lipinski definition) is 3. The van der Waals surface area contributed by atoms with E-state index in [4.69, 9.17) is 11.6 Å². The molecule has 0 unspecified atom stereocenters. The number of rotatable bonds is 2. The third-order valence-corrected chi connectivity index (χ3v) is 4.41. The number of benzene rings is 1. The zero-order valence-corrected chi connectivity index (χ0v) is 13.8. The summed E-state index contributed by atoms with van der Waals surface area (Å²) in [5.74, 6) is 0.518. The summed E-state index contributed by atoms with van der Waals surface area (Å²) in [7, 11) is 0. The van der Waals surface area contributed by atoms with Gasteiger partial charge < -0.3 is 10.3 Å². The van der Waals surface area contributed by atoms with E-state index >= 15 is 0 Å². The summed E-state index contributed by atoms with van der Waals surface area (Å²) in [6, 6.07) is 9.46. The Hall–Kier alpha value is -2.66. The van der Waals surface area contributed by atoms with Gasteiger partial charge in [0, 0.05) is 30.4 Å². The van der Waals surface area contributed by atoms with Crippen molar-refractivity contribution >= 4 is 17.5 Å². The van der Waals surface area contributed by atoms with Gasteiger partial charge in [0.1, 0.15) is 0 Å². The molecule has 0 bridgehead atoms. The first kappa shape index (κ1) is 14.9. The van der Waals surface area contributed by atoms with E-state index in [0.717, 1.165) is 34.6 Å². The van der Waals surface area contributed by atoms with E-state index in [1.807, 2.05) is 37.3 Å². The molecule has 5 nitrogen and oxygen atoms in total.